The highest BCUT2D eigenvalue weighted by molar-refractivity contribution is 5.64. The van der Waals surface area contributed by atoms with Crippen LogP contribution >= 0.6 is 0 Å². The third-order valence-corrected chi connectivity index (χ3v) is 3.65. The van der Waals surface area contributed by atoms with Crippen LogP contribution in [0.15, 0.2) is 12.3 Å². The van der Waals surface area contributed by atoms with E-state index in [-0.39, 0.29) is 17.6 Å². The van der Waals surface area contributed by atoms with Gasteiger partial charge in [0.15, 0.2) is 0 Å². The Labute approximate surface area is 87.2 Å². The first-order chi connectivity index (χ1) is 7.11. The maximum atomic E-state index is 10.7. The van der Waals surface area contributed by atoms with Gasteiger partial charge in [-0.2, -0.15) is 0 Å². The fraction of sp³-hybridized carbons (Fsp3) is 0.700. The van der Waals surface area contributed by atoms with Crippen LogP contribution in [0.2, 0.25) is 0 Å². The molecule has 3 rings (SSSR count). The predicted octanol–water partition coefficient (Wildman–Crippen LogP) is 0.745. The van der Waals surface area contributed by atoms with Gasteiger partial charge in [0.2, 0.25) is 0 Å². The first-order valence-corrected chi connectivity index (χ1v) is 5.07. The van der Waals surface area contributed by atoms with Crippen LogP contribution < -0.4 is 5.73 Å². The topological polar surface area (TPSA) is 74.1 Å². The summed E-state index contributed by atoms with van der Waals surface area (Å²) in [5, 5.41) is 0. The fourth-order valence-corrected chi connectivity index (χ4v) is 2.86. The number of carbonyl (C=O) groups excluding carboxylic acids is 1. The molecule has 0 aromatic carbocycles. The highest BCUT2D eigenvalue weighted by Crippen LogP contribution is 2.59. The predicted molar refractivity (Wildman–Crippen MR) is 49.6 cm³/mol. The lowest BCUT2D eigenvalue weighted by Gasteiger charge is -2.32. The molecule has 0 radical (unpaired) electrons. The normalized spacial score (nSPS) is 50.2. The molecule has 82 valence electrons. The lowest BCUT2D eigenvalue weighted by molar-refractivity contribution is -0.132. The van der Waals surface area contributed by atoms with E-state index in [1.807, 2.05) is 13.0 Å². The Kier molecular flexibility index (Phi) is 1.60. The molecule has 1 saturated carbocycles. The Morgan fingerprint density at radius 3 is 3.20 bits per heavy atom. The molecule has 2 heterocycles. The Balaban J connectivity index is 1.84. The molecule has 2 N–H and O–H groups in total. The van der Waals surface area contributed by atoms with Crippen molar-refractivity contribution in [1.82, 2.24) is 0 Å². The molecule has 0 aromatic heterocycles. The van der Waals surface area contributed by atoms with Gasteiger partial charge in [-0.1, -0.05) is 0 Å². The molecule has 15 heavy (non-hydrogen) atoms. The maximum Gasteiger partial charge on any atom is 0.407 e. The van der Waals surface area contributed by atoms with E-state index in [1.54, 1.807) is 6.26 Å². The van der Waals surface area contributed by atoms with Crippen LogP contribution in [0.4, 0.5) is 4.79 Å². The van der Waals surface area contributed by atoms with Crippen LogP contribution in [0.25, 0.3) is 0 Å². The number of ether oxygens (including phenoxy) is 3. The molecular formula is C10H13NO4. The third kappa shape index (κ3) is 1.16. The summed E-state index contributed by atoms with van der Waals surface area (Å²) in [6.45, 7) is 2.03. The highest BCUT2D eigenvalue weighted by Gasteiger charge is 2.69. The molecule has 1 aliphatic carbocycles. The second kappa shape index (κ2) is 2.66. The largest absolute Gasteiger partial charge is 0.462 e. The van der Waals surface area contributed by atoms with E-state index in [4.69, 9.17) is 19.9 Å². The molecule has 5 nitrogen and oxygen atoms in total. The quantitative estimate of drug-likeness (QED) is 0.649. The van der Waals surface area contributed by atoms with Gasteiger partial charge in [-0.25, -0.2) is 4.79 Å². The van der Waals surface area contributed by atoms with Gasteiger partial charge in [-0.15, -0.1) is 0 Å². The van der Waals surface area contributed by atoms with E-state index in [0.29, 0.717) is 5.92 Å². The molecule has 2 aliphatic heterocycles. The molecule has 0 spiro atoms. The van der Waals surface area contributed by atoms with Gasteiger partial charge < -0.3 is 19.9 Å². The van der Waals surface area contributed by atoms with Gasteiger partial charge in [-0.3, -0.25) is 0 Å². The standard InChI is InChI=1S/C10H13NO4/c1-10-6(15-10)4-5-2-3-13-8(7(5)10)14-9(11)12/h2-3,5-8H,4H2,1H3,(H2,11,12)/t5-,6+,7+,8+,10+/m1/s1. The van der Waals surface area contributed by atoms with E-state index in [0.717, 1.165) is 6.42 Å². The van der Waals surface area contributed by atoms with Crippen molar-refractivity contribution in [1.29, 1.82) is 0 Å². The summed E-state index contributed by atoms with van der Waals surface area (Å²) < 4.78 is 15.8. The summed E-state index contributed by atoms with van der Waals surface area (Å²) in [5.74, 6) is 0.437. The fourth-order valence-electron chi connectivity index (χ4n) is 2.86. The number of primary amides is 1. The summed E-state index contributed by atoms with van der Waals surface area (Å²) in [6, 6.07) is 0. The summed E-state index contributed by atoms with van der Waals surface area (Å²) in [5.41, 5.74) is 4.80. The molecular weight excluding hydrogens is 198 g/mol. The molecule has 2 fully saturated rings. The van der Waals surface area contributed by atoms with Crippen molar-refractivity contribution in [2.75, 3.05) is 0 Å². The number of epoxide rings is 1. The van der Waals surface area contributed by atoms with Crippen molar-refractivity contribution in [2.45, 2.75) is 31.3 Å². The monoisotopic (exact) mass is 211 g/mol. The van der Waals surface area contributed by atoms with E-state index >= 15 is 0 Å². The smallest absolute Gasteiger partial charge is 0.407 e. The minimum absolute atomic E-state index is 0.0694. The van der Waals surface area contributed by atoms with Gasteiger partial charge in [0.1, 0.15) is 5.60 Å². The summed E-state index contributed by atoms with van der Waals surface area (Å²) in [4.78, 5) is 10.7. The van der Waals surface area contributed by atoms with Gasteiger partial charge in [0.05, 0.1) is 18.3 Å². The van der Waals surface area contributed by atoms with E-state index < -0.39 is 12.4 Å². The van der Waals surface area contributed by atoms with Crippen LogP contribution in [0.3, 0.4) is 0 Å². The molecule has 3 aliphatic rings. The maximum absolute atomic E-state index is 10.7. The number of hydrogen-bond donors (Lipinski definition) is 1. The number of fused-ring (bicyclic) bond motifs is 3. The van der Waals surface area contributed by atoms with E-state index in [1.165, 1.54) is 0 Å². The van der Waals surface area contributed by atoms with Gasteiger partial charge in [0.25, 0.3) is 6.29 Å². The van der Waals surface area contributed by atoms with Crippen LogP contribution in [0, 0.1) is 11.8 Å². The molecule has 1 saturated heterocycles. The molecule has 0 unspecified atom stereocenters. The number of hydrogen-bond acceptors (Lipinski definition) is 4. The molecule has 1 amide bonds. The third-order valence-electron chi connectivity index (χ3n) is 3.65. The van der Waals surface area contributed by atoms with Crippen LogP contribution in [0.1, 0.15) is 13.3 Å². The lowest BCUT2D eigenvalue weighted by Crippen LogP contribution is -2.41. The first-order valence-electron chi connectivity index (χ1n) is 5.07. The second-order valence-corrected chi connectivity index (χ2v) is 4.49. The van der Waals surface area contributed by atoms with Crippen LogP contribution in [-0.4, -0.2) is 24.1 Å². The summed E-state index contributed by atoms with van der Waals surface area (Å²) in [6.07, 6.45) is 3.43. The number of rotatable bonds is 1. The van der Waals surface area contributed by atoms with Gasteiger partial charge in [-0.05, 0) is 25.3 Å². The average molecular weight is 211 g/mol. The first kappa shape index (κ1) is 9.03. The van der Waals surface area contributed by atoms with Crippen molar-refractivity contribution >= 4 is 6.09 Å². The van der Waals surface area contributed by atoms with Crippen molar-refractivity contribution < 1.29 is 19.0 Å². The zero-order chi connectivity index (χ0) is 10.6. The highest BCUT2D eigenvalue weighted by atomic mass is 16.7. The Morgan fingerprint density at radius 2 is 2.47 bits per heavy atom. The minimum Gasteiger partial charge on any atom is -0.462 e. The molecule has 5 heteroatoms. The number of allylic oxidation sites excluding steroid dienone is 1. The average Bonchev–Trinajstić information content (AvgIpc) is 2.68. The number of nitrogens with two attached hydrogens (primary N) is 1. The summed E-state index contributed by atoms with van der Waals surface area (Å²) in [7, 11) is 0. The number of amides is 1. The van der Waals surface area contributed by atoms with E-state index in [9.17, 15) is 4.79 Å². The zero-order valence-corrected chi connectivity index (χ0v) is 8.38. The summed E-state index contributed by atoms with van der Waals surface area (Å²) >= 11 is 0. The SMILES string of the molecule is C[C@]12O[C@H]1C[C@H]1C=CO[C@@H](OC(N)=O)[C@H]12. The molecule has 5 atom stereocenters. The Morgan fingerprint density at radius 1 is 1.67 bits per heavy atom. The van der Waals surface area contributed by atoms with Crippen molar-refractivity contribution in [3.63, 3.8) is 0 Å². The Hall–Kier alpha value is -1.23. The molecule has 0 aromatic rings. The van der Waals surface area contributed by atoms with Gasteiger partial charge >= 0.3 is 6.09 Å². The van der Waals surface area contributed by atoms with E-state index in [2.05, 4.69) is 0 Å². The minimum atomic E-state index is -0.804. The van der Waals surface area contributed by atoms with Crippen LogP contribution in [0.5, 0.6) is 0 Å². The van der Waals surface area contributed by atoms with Crippen molar-refractivity contribution in [3.8, 4) is 0 Å². The lowest BCUT2D eigenvalue weighted by atomic mass is 9.87. The second-order valence-electron chi connectivity index (χ2n) is 4.49. The van der Waals surface area contributed by atoms with Crippen LogP contribution in [-0.2, 0) is 14.2 Å². The van der Waals surface area contributed by atoms with Gasteiger partial charge in [0, 0.05) is 0 Å². The number of carbonyl (C=O) groups is 1. The molecule has 0 bridgehead atoms. The zero-order valence-electron chi connectivity index (χ0n) is 8.38. The van der Waals surface area contributed by atoms with Crippen molar-refractivity contribution in [2.24, 2.45) is 17.6 Å². The Bertz CT molecular complexity index is 342. The van der Waals surface area contributed by atoms with Crippen molar-refractivity contribution in [3.05, 3.63) is 12.3 Å².